The van der Waals surface area contributed by atoms with Crippen molar-refractivity contribution in [2.45, 2.75) is 70.9 Å². The third kappa shape index (κ3) is 4.60. The van der Waals surface area contributed by atoms with E-state index in [1.807, 2.05) is 19.1 Å². The van der Waals surface area contributed by atoms with Gasteiger partial charge in [0.15, 0.2) is 12.1 Å². The summed E-state index contributed by atoms with van der Waals surface area (Å²) in [6, 6.07) is 0. The Morgan fingerprint density at radius 1 is 1.31 bits per heavy atom. The maximum atomic E-state index is 11.2. The largest absolute Gasteiger partial charge is 0.394 e. The highest BCUT2D eigenvalue weighted by atomic mass is 16.7. The molecule has 4 N–H and O–H groups in total. The second-order valence-corrected chi connectivity index (χ2v) is 7.92. The van der Waals surface area contributed by atoms with Crippen LogP contribution in [0.5, 0.6) is 0 Å². The van der Waals surface area contributed by atoms with Gasteiger partial charge in [-0.1, -0.05) is 31.6 Å². The van der Waals surface area contributed by atoms with E-state index in [0.717, 1.165) is 5.57 Å². The number of aliphatic hydroxyl groups excluding tert-OH is 4. The molecule has 0 unspecified atom stereocenters. The van der Waals surface area contributed by atoms with Crippen molar-refractivity contribution in [2.24, 2.45) is 11.3 Å². The van der Waals surface area contributed by atoms with Gasteiger partial charge in [-0.25, -0.2) is 0 Å². The third-order valence-electron chi connectivity index (χ3n) is 5.19. The van der Waals surface area contributed by atoms with Gasteiger partial charge in [0.1, 0.15) is 24.4 Å². The molecule has 0 spiro atoms. The van der Waals surface area contributed by atoms with Gasteiger partial charge in [-0.15, -0.1) is 0 Å². The molecule has 0 aromatic rings. The zero-order valence-electron chi connectivity index (χ0n) is 15.7. The molecule has 1 heterocycles. The minimum absolute atomic E-state index is 0.00621. The van der Waals surface area contributed by atoms with Crippen LogP contribution in [0.15, 0.2) is 23.8 Å². The van der Waals surface area contributed by atoms with Crippen molar-refractivity contribution < 1.29 is 34.7 Å². The molecule has 1 fully saturated rings. The van der Waals surface area contributed by atoms with Crippen molar-refractivity contribution in [1.29, 1.82) is 0 Å². The van der Waals surface area contributed by atoms with Crippen molar-refractivity contribution >= 4 is 5.78 Å². The summed E-state index contributed by atoms with van der Waals surface area (Å²) in [5.74, 6) is 0.0781. The van der Waals surface area contributed by atoms with E-state index < -0.39 is 37.3 Å². The van der Waals surface area contributed by atoms with E-state index >= 15 is 0 Å². The molecule has 7 atom stereocenters. The predicted octanol–water partition coefficient (Wildman–Crippen LogP) is 0.309. The second-order valence-electron chi connectivity index (χ2n) is 7.92. The van der Waals surface area contributed by atoms with Gasteiger partial charge in [-0.3, -0.25) is 4.79 Å². The van der Waals surface area contributed by atoms with E-state index in [1.54, 1.807) is 6.08 Å². The molecule has 1 aliphatic heterocycles. The number of aliphatic hydroxyl groups is 4. The summed E-state index contributed by atoms with van der Waals surface area (Å²) in [4.78, 5) is 11.2. The molecule has 0 amide bonds. The van der Waals surface area contributed by atoms with Crippen LogP contribution in [0.4, 0.5) is 0 Å². The van der Waals surface area contributed by atoms with Crippen LogP contribution in [-0.2, 0) is 14.3 Å². The van der Waals surface area contributed by atoms with Gasteiger partial charge >= 0.3 is 0 Å². The highest BCUT2D eigenvalue weighted by molar-refractivity contribution is 5.87. The number of carbonyl (C=O) groups is 1. The smallest absolute Gasteiger partial charge is 0.187 e. The number of ketones is 1. The van der Waals surface area contributed by atoms with Crippen LogP contribution >= 0.6 is 0 Å². The van der Waals surface area contributed by atoms with Crippen molar-refractivity contribution in [2.75, 3.05) is 6.61 Å². The number of allylic oxidation sites excluding steroid dienone is 3. The van der Waals surface area contributed by atoms with Crippen molar-refractivity contribution in [3.63, 3.8) is 0 Å². The molecule has 2 aliphatic rings. The summed E-state index contributed by atoms with van der Waals surface area (Å²) in [5.41, 5.74) is 0.845. The Balaban J connectivity index is 2.14. The fourth-order valence-electron chi connectivity index (χ4n) is 3.80. The van der Waals surface area contributed by atoms with E-state index in [1.165, 1.54) is 6.92 Å². The first-order valence-corrected chi connectivity index (χ1v) is 8.90. The Bertz CT molecular complexity index is 566. The monoisotopic (exact) mass is 370 g/mol. The number of carbonyl (C=O) groups excluding carboxylic acids is 1. The highest BCUT2D eigenvalue weighted by Crippen LogP contribution is 2.43. The quantitative estimate of drug-likeness (QED) is 0.406. The zero-order valence-corrected chi connectivity index (χ0v) is 15.7. The molecule has 7 nitrogen and oxygen atoms in total. The van der Waals surface area contributed by atoms with Gasteiger partial charge in [0.25, 0.3) is 0 Å². The molecule has 0 saturated carbocycles. The number of hydrogen-bond acceptors (Lipinski definition) is 7. The summed E-state index contributed by atoms with van der Waals surface area (Å²) in [7, 11) is 0. The minimum atomic E-state index is -1.46. The van der Waals surface area contributed by atoms with E-state index in [0.29, 0.717) is 6.42 Å². The van der Waals surface area contributed by atoms with Crippen LogP contribution in [0.2, 0.25) is 0 Å². The summed E-state index contributed by atoms with van der Waals surface area (Å²) in [6.07, 6.45) is -0.788. The molecule has 0 aromatic heterocycles. The first-order chi connectivity index (χ1) is 12.1. The molecule has 7 heteroatoms. The Kier molecular flexibility index (Phi) is 6.76. The number of ether oxygens (including phenoxy) is 2. The maximum absolute atomic E-state index is 11.2. The SMILES string of the molecule is CC(=O)/C=C/[C@H]1C(C)=C[C@H](O[C@@H]2O[C@H](CO)[C@@H](O)[C@H](O)[C@H]2O)CC1(C)C. The van der Waals surface area contributed by atoms with Crippen molar-refractivity contribution in [3.05, 3.63) is 23.8 Å². The van der Waals surface area contributed by atoms with Crippen LogP contribution in [0.3, 0.4) is 0 Å². The Morgan fingerprint density at radius 2 is 1.96 bits per heavy atom. The van der Waals surface area contributed by atoms with E-state index in [2.05, 4.69) is 13.8 Å². The Morgan fingerprint density at radius 3 is 2.50 bits per heavy atom. The maximum Gasteiger partial charge on any atom is 0.187 e. The van der Waals surface area contributed by atoms with Crippen LogP contribution in [-0.4, -0.2) is 69.6 Å². The summed E-state index contributed by atoms with van der Waals surface area (Å²) >= 11 is 0. The lowest BCUT2D eigenvalue weighted by molar-refractivity contribution is -0.309. The summed E-state index contributed by atoms with van der Waals surface area (Å²) < 4.78 is 11.3. The van der Waals surface area contributed by atoms with Gasteiger partial charge in [0.2, 0.25) is 0 Å². The zero-order chi connectivity index (χ0) is 19.6. The fourth-order valence-corrected chi connectivity index (χ4v) is 3.80. The Labute approximate surface area is 153 Å². The fraction of sp³-hybridized carbons (Fsp3) is 0.737. The average Bonchev–Trinajstić information content (AvgIpc) is 2.53. The molecule has 0 radical (unpaired) electrons. The molecule has 148 valence electrons. The van der Waals surface area contributed by atoms with E-state index in [9.17, 15) is 25.2 Å². The van der Waals surface area contributed by atoms with Crippen LogP contribution < -0.4 is 0 Å². The number of hydrogen-bond donors (Lipinski definition) is 4. The molecule has 0 aromatic carbocycles. The lowest BCUT2D eigenvalue weighted by Gasteiger charge is -2.44. The molecular weight excluding hydrogens is 340 g/mol. The predicted molar refractivity (Wildman–Crippen MR) is 94.1 cm³/mol. The average molecular weight is 370 g/mol. The lowest BCUT2D eigenvalue weighted by atomic mass is 9.67. The van der Waals surface area contributed by atoms with Gasteiger partial charge in [0, 0.05) is 5.92 Å². The normalized spacial score (nSPS) is 40.5. The molecule has 26 heavy (non-hydrogen) atoms. The number of rotatable bonds is 5. The van der Waals surface area contributed by atoms with Crippen LogP contribution in [0.25, 0.3) is 0 Å². The first kappa shape index (κ1) is 21.2. The van der Waals surface area contributed by atoms with Gasteiger partial charge in [0.05, 0.1) is 12.7 Å². The Hall–Kier alpha value is -1.09. The second kappa shape index (κ2) is 8.29. The summed E-state index contributed by atoms with van der Waals surface area (Å²) in [6.45, 7) is 7.12. The molecule has 2 rings (SSSR count). The topological polar surface area (TPSA) is 116 Å². The van der Waals surface area contributed by atoms with Crippen molar-refractivity contribution in [1.82, 2.24) is 0 Å². The highest BCUT2D eigenvalue weighted by Gasteiger charge is 2.46. The standard InChI is InChI=1S/C19H30O7/c1-10-7-12(8-19(3,4)13(10)6-5-11(2)21)25-18-17(24)16(23)15(22)14(9-20)26-18/h5-7,12-18,20,22-24H,8-9H2,1-4H3/b6-5+/t12-,13-,14+,15+,16-,17+,18+/m0/s1. The molecule has 1 aliphatic carbocycles. The van der Waals surface area contributed by atoms with Gasteiger partial charge in [-0.05, 0) is 31.8 Å². The minimum Gasteiger partial charge on any atom is -0.394 e. The molecule has 1 saturated heterocycles. The van der Waals surface area contributed by atoms with Gasteiger partial charge < -0.3 is 29.9 Å². The van der Waals surface area contributed by atoms with Crippen LogP contribution in [0.1, 0.15) is 34.1 Å². The molecule has 0 bridgehead atoms. The lowest BCUT2D eigenvalue weighted by Crippen LogP contribution is -2.59. The van der Waals surface area contributed by atoms with Gasteiger partial charge in [-0.2, -0.15) is 0 Å². The van der Waals surface area contributed by atoms with E-state index in [-0.39, 0.29) is 23.2 Å². The van der Waals surface area contributed by atoms with Crippen LogP contribution in [0, 0.1) is 11.3 Å². The molecular formula is C19H30O7. The summed E-state index contributed by atoms with van der Waals surface area (Å²) in [5, 5.41) is 39.1. The first-order valence-electron chi connectivity index (χ1n) is 8.90. The third-order valence-corrected chi connectivity index (χ3v) is 5.19. The van der Waals surface area contributed by atoms with E-state index in [4.69, 9.17) is 9.47 Å². The van der Waals surface area contributed by atoms with Crippen molar-refractivity contribution in [3.8, 4) is 0 Å².